The van der Waals surface area contributed by atoms with Crippen molar-refractivity contribution < 1.29 is 22.5 Å². The Labute approximate surface area is 100 Å². The van der Waals surface area contributed by atoms with Gasteiger partial charge in [-0.05, 0) is 12.0 Å². The number of benzene rings is 1. The van der Waals surface area contributed by atoms with E-state index in [1.807, 2.05) is 18.2 Å². The Morgan fingerprint density at radius 2 is 1.88 bits per heavy atom. The van der Waals surface area contributed by atoms with Gasteiger partial charge in [0, 0.05) is 0 Å². The smallest absolute Gasteiger partial charge is 0.310 e. The summed E-state index contributed by atoms with van der Waals surface area (Å²) in [5.41, 5.74) is 0.840. The van der Waals surface area contributed by atoms with Gasteiger partial charge in [-0.15, -0.1) is 0 Å². The van der Waals surface area contributed by atoms with Gasteiger partial charge in [0.2, 0.25) is 0 Å². The summed E-state index contributed by atoms with van der Waals surface area (Å²) in [5.74, 6) is -0.808. The minimum absolute atomic E-state index is 0.00848. The van der Waals surface area contributed by atoms with Crippen LogP contribution in [-0.2, 0) is 26.1 Å². The summed E-state index contributed by atoms with van der Waals surface area (Å²) in [6.45, 7) is -0.00848. The van der Waals surface area contributed by atoms with Gasteiger partial charge >= 0.3 is 5.97 Å². The number of carbonyl (C=O) groups excluding carboxylic acids is 1. The second kappa shape index (κ2) is 6.36. The van der Waals surface area contributed by atoms with Crippen LogP contribution in [0.2, 0.25) is 0 Å². The zero-order valence-corrected chi connectivity index (χ0v) is 10.0. The molecule has 0 amide bonds. The van der Waals surface area contributed by atoms with E-state index in [4.69, 9.17) is 9.29 Å². The number of carbonyl (C=O) groups is 1. The fourth-order valence-corrected chi connectivity index (χ4v) is 1.72. The molecule has 0 radical (unpaired) electrons. The lowest BCUT2D eigenvalue weighted by Gasteiger charge is -2.04. The highest BCUT2D eigenvalue weighted by atomic mass is 32.2. The predicted molar refractivity (Wildman–Crippen MR) is 62.1 cm³/mol. The molecule has 1 aromatic carbocycles. The van der Waals surface area contributed by atoms with Gasteiger partial charge in [-0.3, -0.25) is 9.35 Å². The first-order valence-corrected chi connectivity index (χ1v) is 6.73. The van der Waals surface area contributed by atoms with Crippen molar-refractivity contribution in [2.75, 3.05) is 12.4 Å². The van der Waals surface area contributed by atoms with Crippen LogP contribution >= 0.6 is 0 Å². The third-order valence-electron chi connectivity index (χ3n) is 2.00. The van der Waals surface area contributed by atoms with E-state index < -0.39 is 21.8 Å². The summed E-state index contributed by atoms with van der Waals surface area (Å²) < 4.78 is 34.0. The van der Waals surface area contributed by atoms with Crippen LogP contribution in [0.15, 0.2) is 30.3 Å². The molecule has 17 heavy (non-hydrogen) atoms. The van der Waals surface area contributed by atoms with E-state index in [0.717, 1.165) is 5.56 Å². The lowest BCUT2D eigenvalue weighted by Crippen LogP contribution is -2.12. The van der Waals surface area contributed by atoms with Crippen LogP contribution in [0.1, 0.15) is 12.0 Å². The average molecular weight is 258 g/mol. The molecule has 0 aliphatic carbocycles. The van der Waals surface area contributed by atoms with Crippen molar-refractivity contribution in [1.29, 1.82) is 0 Å². The molecule has 0 spiro atoms. The van der Waals surface area contributed by atoms with E-state index in [9.17, 15) is 13.2 Å². The third-order valence-corrected chi connectivity index (χ3v) is 2.81. The molecule has 5 nitrogen and oxygen atoms in total. The highest BCUT2D eigenvalue weighted by molar-refractivity contribution is 7.85. The van der Waals surface area contributed by atoms with Gasteiger partial charge in [0.1, 0.15) is 0 Å². The molecule has 0 heterocycles. The topological polar surface area (TPSA) is 80.7 Å². The van der Waals surface area contributed by atoms with Gasteiger partial charge in [-0.2, -0.15) is 8.42 Å². The molecule has 0 saturated carbocycles. The van der Waals surface area contributed by atoms with E-state index in [-0.39, 0.29) is 19.4 Å². The molecule has 6 heteroatoms. The third kappa shape index (κ3) is 6.70. The predicted octanol–water partition coefficient (Wildman–Crippen LogP) is 1.05. The molecule has 1 aromatic rings. The molecule has 1 rings (SSSR count). The summed E-state index contributed by atoms with van der Waals surface area (Å²) in [6.07, 6.45) is 0.256. The first kappa shape index (κ1) is 13.7. The van der Waals surface area contributed by atoms with Crippen LogP contribution in [0.3, 0.4) is 0 Å². The van der Waals surface area contributed by atoms with Crippen LogP contribution in [0.5, 0.6) is 0 Å². The molecule has 0 fully saturated rings. The van der Waals surface area contributed by atoms with E-state index >= 15 is 0 Å². The molecule has 1 N–H and O–H groups in total. The van der Waals surface area contributed by atoms with Crippen LogP contribution in [0.4, 0.5) is 0 Å². The molecular weight excluding hydrogens is 244 g/mol. The highest BCUT2D eigenvalue weighted by Crippen LogP contribution is 2.01. The van der Waals surface area contributed by atoms with Gasteiger partial charge in [-0.1, -0.05) is 30.3 Å². The first-order valence-electron chi connectivity index (χ1n) is 5.12. The SMILES string of the molecule is O=C(Cc1ccccc1)OCCCS(=O)(=O)O. The molecule has 0 atom stereocenters. The summed E-state index contributed by atoms with van der Waals surface area (Å²) in [5, 5.41) is 0. The maximum atomic E-state index is 11.3. The standard InChI is InChI=1S/C11H14O5S/c12-11(9-10-5-2-1-3-6-10)16-7-4-8-17(13,14)15/h1-3,5-6H,4,7-9H2,(H,13,14,15). The minimum Gasteiger partial charge on any atom is -0.465 e. The lowest BCUT2D eigenvalue weighted by atomic mass is 10.2. The average Bonchev–Trinajstić information content (AvgIpc) is 2.25. The van der Waals surface area contributed by atoms with Gasteiger partial charge < -0.3 is 4.74 Å². The lowest BCUT2D eigenvalue weighted by molar-refractivity contribution is -0.142. The molecule has 0 saturated heterocycles. The van der Waals surface area contributed by atoms with Crippen LogP contribution in [-0.4, -0.2) is 31.3 Å². The Bertz CT molecular complexity index is 452. The zero-order valence-electron chi connectivity index (χ0n) is 9.20. The fraction of sp³-hybridized carbons (Fsp3) is 0.364. The van der Waals surface area contributed by atoms with E-state index in [1.54, 1.807) is 12.1 Å². The highest BCUT2D eigenvalue weighted by Gasteiger charge is 2.07. The Morgan fingerprint density at radius 1 is 1.24 bits per heavy atom. The van der Waals surface area contributed by atoms with Crippen molar-refractivity contribution in [3.63, 3.8) is 0 Å². The Balaban J connectivity index is 2.23. The minimum atomic E-state index is -3.97. The van der Waals surface area contributed by atoms with Crippen molar-refractivity contribution in [1.82, 2.24) is 0 Å². The van der Waals surface area contributed by atoms with Gasteiger partial charge in [0.05, 0.1) is 18.8 Å². The Hall–Kier alpha value is -1.40. The number of ether oxygens (including phenoxy) is 1. The summed E-state index contributed by atoms with van der Waals surface area (Å²) in [6, 6.07) is 9.10. The van der Waals surface area contributed by atoms with Crippen molar-refractivity contribution in [2.24, 2.45) is 0 Å². The van der Waals surface area contributed by atoms with Gasteiger partial charge in [0.25, 0.3) is 10.1 Å². The molecule has 0 aromatic heterocycles. The Kier molecular flexibility index (Phi) is 5.11. The van der Waals surface area contributed by atoms with Crippen molar-refractivity contribution in [3.05, 3.63) is 35.9 Å². The molecule has 0 aliphatic rings. The van der Waals surface area contributed by atoms with Gasteiger partial charge in [0.15, 0.2) is 0 Å². The first-order chi connectivity index (χ1) is 7.97. The molecule has 0 bridgehead atoms. The summed E-state index contributed by atoms with van der Waals surface area (Å²) >= 11 is 0. The van der Waals surface area contributed by atoms with Crippen molar-refractivity contribution >= 4 is 16.1 Å². The maximum Gasteiger partial charge on any atom is 0.310 e. The van der Waals surface area contributed by atoms with E-state index in [1.165, 1.54) is 0 Å². The maximum absolute atomic E-state index is 11.3. The van der Waals surface area contributed by atoms with E-state index in [0.29, 0.717) is 0 Å². The monoisotopic (exact) mass is 258 g/mol. The second-order valence-corrected chi connectivity index (χ2v) is 5.09. The van der Waals surface area contributed by atoms with Crippen LogP contribution < -0.4 is 0 Å². The zero-order chi connectivity index (χ0) is 12.7. The van der Waals surface area contributed by atoms with Gasteiger partial charge in [-0.25, -0.2) is 0 Å². The van der Waals surface area contributed by atoms with Crippen LogP contribution in [0.25, 0.3) is 0 Å². The number of hydrogen-bond donors (Lipinski definition) is 1. The normalized spacial score (nSPS) is 11.1. The molecule has 94 valence electrons. The Morgan fingerprint density at radius 3 is 2.47 bits per heavy atom. The largest absolute Gasteiger partial charge is 0.465 e. The number of esters is 1. The number of hydrogen-bond acceptors (Lipinski definition) is 4. The van der Waals surface area contributed by atoms with Crippen molar-refractivity contribution in [3.8, 4) is 0 Å². The molecule has 0 aliphatic heterocycles. The number of rotatable bonds is 6. The quantitative estimate of drug-likeness (QED) is 0.468. The van der Waals surface area contributed by atoms with Crippen LogP contribution in [0, 0.1) is 0 Å². The summed E-state index contributed by atoms with van der Waals surface area (Å²) in [7, 11) is -3.97. The fourth-order valence-electron chi connectivity index (χ4n) is 1.24. The molecular formula is C11H14O5S. The van der Waals surface area contributed by atoms with Crippen molar-refractivity contribution in [2.45, 2.75) is 12.8 Å². The van der Waals surface area contributed by atoms with E-state index in [2.05, 4.69) is 0 Å². The molecule has 0 unspecified atom stereocenters. The second-order valence-electron chi connectivity index (χ2n) is 3.52. The summed E-state index contributed by atoms with van der Waals surface area (Å²) in [4.78, 5) is 11.3.